The molecule has 0 aromatic heterocycles. The summed E-state index contributed by atoms with van der Waals surface area (Å²) in [5, 5.41) is 9.23. The van der Waals surface area contributed by atoms with Crippen LogP contribution < -0.4 is 4.72 Å². The summed E-state index contributed by atoms with van der Waals surface area (Å²) in [5.41, 5.74) is -0.839. The van der Waals surface area contributed by atoms with E-state index in [9.17, 15) is 13.5 Å². The lowest BCUT2D eigenvalue weighted by Crippen LogP contribution is -2.48. The molecule has 1 atom stereocenters. The normalized spacial score (nSPS) is 15.5. The third kappa shape index (κ3) is 3.51. The maximum atomic E-state index is 12.1. The Hall–Kier alpha value is -0.430. The Morgan fingerprint density at radius 2 is 2.00 bits per heavy atom. The van der Waals surface area contributed by atoms with E-state index in [-0.39, 0.29) is 11.5 Å². The fourth-order valence-corrected chi connectivity index (χ4v) is 3.73. The van der Waals surface area contributed by atoms with Gasteiger partial charge in [0, 0.05) is 4.47 Å². The average Bonchev–Trinajstić information content (AvgIpc) is 2.28. The summed E-state index contributed by atoms with van der Waals surface area (Å²) in [5.74, 6) is 0. The second-order valence-corrected chi connectivity index (χ2v) is 6.61. The van der Waals surface area contributed by atoms with Crippen molar-refractivity contribution >= 4 is 26.0 Å². The van der Waals surface area contributed by atoms with Crippen LogP contribution in [0.4, 0.5) is 0 Å². The largest absolute Gasteiger partial charge is 0.394 e. The van der Waals surface area contributed by atoms with Crippen molar-refractivity contribution in [2.75, 3.05) is 6.61 Å². The van der Waals surface area contributed by atoms with Crippen LogP contribution >= 0.6 is 15.9 Å². The van der Waals surface area contributed by atoms with Gasteiger partial charge in [-0.2, -0.15) is 0 Å². The van der Waals surface area contributed by atoms with E-state index in [1.165, 1.54) is 6.07 Å². The molecule has 0 heterocycles. The Labute approximate surface area is 110 Å². The fourth-order valence-electron chi connectivity index (χ4n) is 1.26. The van der Waals surface area contributed by atoms with Gasteiger partial charge < -0.3 is 5.11 Å². The minimum Gasteiger partial charge on any atom is -0.394 e. The van der Waals surface area contributed by atoms with Crippen LogP contribution in [0.3, 0.4) is 0 Å². The summed E-state index contributed by atoms with van der Waals surface area (Å²) in [7, 11) is -3.63. The molecule has 1 aromatic rings. The van der Waals surface area contributed by atoms with Gasteiger partial charge in [0.2, 0.25) is 10.0 Å². The summed E-state index contributed by atoms with van der Waals surface area (Å²) in [4.78, 5) is 0.174. The summed E-state index contributed by atoms with van der Waals surface area (Å²) in [6.07, 6.45) is 0.507. The SMILES string of the molecule is CCC(C)(CO)NS(=O)(=O)c1ccccc1Br. The highest BCUT2D eigenvalue weighted by atomic mass is 79.9. The van der Waals surface area contributed by atoms with Crippen LogP contribution in [0.5, 0.6) is 0 Å². The molecule has 1 aromatic carbocycles. The Morgan fingerprint density at radius 3 is 2.47 bits per heavy atom. The predicted molar refractivity (Wildman–Crippen MR) is 70.2 cm³/mol. The van der Waals surface area contributed by atoms with E-state index in [1.54, 1.807) is 25.1 Å². The predicted octanol–water partition coefficient (Wildman–Crippen LogP) is 1.89. The van der Waals surface area contributed by atoms with Gasteiger partial charge in [0.25, 0.3) is 0 Å². The lowest BCUT2D eigenvalue weighted by molar-refractivity contribution is 0.191. The minimum absolute atomic E-state index is 0.174. The first-order valence-electron chi connectivity index (χ1n) is 5.24. The first-order chi connectivity index (χ1) is 7.84. The zero-order chi connectivity index (χ0) is 13.1. The summed E-state index contributed by atoms with van der Waals surface area (Å²) in [6.45, 7) is 3.24. The fraction of sp³-hybridized carbons (Fsp3) is 0.455. The molecule has 0 aliphatic rings. The van der Waals surface area contributed by atoms with Crippen LogP contribution in [0, 0.1) is 0 Å². The number of benzene rings is 1. The topological polar surface area (TPSA) is 66.4 Å². The molecular weight excluding hydrogens is 306 g/mol. The lowest BCUT2D eigenvalue weighted by atomic mass is 10.0. The van der Waals surface area contributed by atoms with Crippen molar-refractivity contribution in [3.8, 4) is 0 Å². The minimum atomic E-state index is -3.63. The number of hydrogen-bond acceptors (Lipinski definition) is 3. The Bertz CT molecular complexity index is 483. The molecule has 4 nitrogen and oxygen atoms in total. The van der Waals surface area contributed by atoms with E-state index in [0.717, 1.165) is 0 Å². The molecule has 0 saturated heterocycles. The third-order valence-corrected chi connectivity index (χ3v) is 5.29. The molecule has 0 saturated carbocycles. The smallest absolute Gasteiger partial charge is 0.242 e. The monoisotopic (exact) mass is 321 g/mol. The third-order valence-electron chi connectivity index (χ3n) is 2.64. The van der Waals surface area contributed by atoms with Gasteiger partial charge in [-0.05, 0) is 41.4 Å². The van der Waals surface area contributed by atoms with Gasteiger partial charge in [0.1, 0.15) is 0 Å². The molecule has 0 aliphatic carbocycles. The molecule has 1 unspecified atom stereocenters. The molecule has 17 heavy (non-hydrogen) atoms. The number of hydrogen-bond donors (Lipinski definition) is 2. The van der Waals surface area contributed by atoms with Gasteiger partial charge >= 0.3 is 0 Å². The van der Waals surface area contributed by atoms with Crippen molar-refractivity contribution < 1.29 is 13.5 Å². The molecule has 0 amide bonds. The Balaban J connectivity index is 3.10. The highest BCUT2D eigenvalue weighted by Gasteiger charge is 2.29. The maximum Gasteiger partial charge on any atom is 0.242 e. The summed E-state index contributed by atoms with van der Waals surface area (Å²) < 4.78 is 27.3. The average molecular weight is 322 g/mol. The van der Waals surface area contributed by atoms with Gasteiger partial charge in [-0.3, -0.25) is 0 Å². The summed E-state index contributed by atoms with van der Waals surface area (Å²) in [6, 6.07) is 6.58. The van der Waals surface area contributed by atoms with E-state index in [4.69, 9.17) is 0 Å². The van der Waals surface area contributed by atoms with Crippen molar-refractivity contribution in [2.45, 2.75) is 30.7 Å². The van der Waals surface area contributed by atoms with Crippen LogP contribution in [0.1, 0.15) is 20.3 Å². The van der Waals surface area contributed by atoms with E-state index in [1.807, 2.05) is 6.92 Å². The van der Waals surface area contributed by atoms with Gasteiger partial charge in [-0.25, -0.2) is 13.1 Å². The summed E-state index contributed by atoms with van der Waals surface area (Å²) >= 11 is 3.20. The van der Waals surface area contributed by atoms with Crippen LogP contribution in [0.15, 0.2) is 33.6 Å². The molecule has 6 heteroatoms. The quantitative estimate of drug-likeness (QED) is 0.870. The van der Waals surface area contributed by atoms with Crippen LogP contribution in [0.2, 0.25) is 0 Å². The van der Waals surface area contributed by atoms with E-state index in [2.05, 4.69) is 20.7 Å². The van der Waals surface area contributed by atoms with Gasteiger partial charge in [0.05, 0.1) is 17.0 Å². The molecule has 0 radical (unpaired) electrons. The van der Waals surface area contributed by atoms with Crippen LogP contribution in [0.25, 0.3) is 0 Å². The highest BCUT2D eigenvalue weighted by Crippen LogP contribution is 2.23. The molecule has 0 aliphatic heterocycles. The molecule has 0 fully saturated rings. The second-order valence-electron chi connectivity index (χ2n) is 4.11. The number of aliphatic hydroxyl groups is 1. The lowest BCUT2D eigenvalue weighted by Gasteiger charge is -2.26. The molecular formula is C11H16BrNO3S. The molecule has 0 spiro atoms. The van der Waals surface area contributed by atoms with Gasteiger partial charge in [-0.1, -0.05) is 19.1 Å². The molecule has 96 valence electrons. The maximum absolute atomic E-state index is 12.1. The number of rotatable bonds is 5. The number of halogens is 1. The molecule has 1 rings (SSSR count). The zero-order valence-corrected chi connectivity index (χ0v) is 12.2. The Kier molecular flexibility index (Phi) is 4.71. The molecule has 2 N–H and O–H groups in total. The van der Waals surface area contributed by atoms with E-state index >= 15 is 0 Å². The van der Waals surface area contributed by atoms with Gasteiger partial charge in [0.15, 0.2) is 0 Å². The Morgan fingerprint density at radius 1 is 1.41 bits per heavy atom. The van der Waals surface area contributed by atoms with Crippen molar-refractivity contribution in [3.05, 3.63) is 28.7 Å². The first kappa shape index (κ1) is 14.6. The highest BCUT2D eigenvalue weighted by molar-refractivity contribution is 9.10. The number of sulfonamides is 1. The van der Waals surface area contributed by atoms with Crippen molar-refractivity contribution in [3.63, 3.8) is 0 Å². The van der Waals surface area contributed by atoms with E-state index < -0.39 is 15.6 Å². The van der Waals surface area contributed by atoms with Gasteiger partial charge in [-0.15, -0.1) is 0 Å². The molecule has 0 bridgehead atoms. The van der Waals surface area contributed by atoms with E-state index in [0.29, 0.717) is 10.9 Å². The van der Waals surface area contributed by atoms with Crippen LogP contribution in [-0.2, 0) is 10.0 Å². The van der Waals surface area contributed by atoms with Crippen molar-refractivity contribution in [2.24, 2.45) is 0 Å². The van der Waals surface area contributed by atoms with Crippen molar-refractivity contribution in [1.82, 2.24) is 4.72 Å². The first-order valence-corrected chi connectivity index (χ1v) is 7.51. The standard InChI is InChI=1S/C11H16BrNO3S/c1-3-11(2,8-14)13-17(15,16)10-7-5-4-6-9(10)12/h4-7,13-14H,3,8H2,1-2H3. The number of aliphatic hydroxyl groups excluding tert-OH is 1. The van der Waals surface area contributed by atoms with Crippen molar-refractivity contribution in [1.29, 1.82) is 0 Å². The zero-order valence-electron chi connectivity index (χ0n) is 9.77. The second kappa shape index (κ2) is 5.48. The number of nitrogens with one attached hydrogen (secondary N) is 1. The van der Waals surface area contributed by atoms with Crippen LogP contribution in [-0.4, -0.2) is 25.7 Å².